The van der Waals surface area contributed by atoms with E-state index in [-0.39, 0.29) is 11.5 Å². The molecule has 1 aromatic rings. The quantitative estimate of drug-likeness (QED) is 0.788. The molecule has 2 nitrogen and oxygen atoms in total. The number of aryl methyl sites for hydroxylation is 1. The first kappa shape index (κ1) is 15.9. The monoisotopic (exact) mass is 302 g/mol. The highest BCUT2D eigenvalue weighted by Crippen LogP contribution is 2.61. The van der Waals surface area contributed by atoms with Gasteiger partial charge in [0, 0.05) is 6.42 Å². The Balaban J connectivity index is 1.98. The standard InChI is InChI=1S/C20H30O2/c1-13-7-10-22-17(13)11-15-14(2)16(21)12-18-19(3,4)8-6-9-20(15,18)5/h7,10,15-16,18,21H,2,6,8-9,11-12H2,1,3-5H3/t15-,16+,18-,20+/m1/s1. The summed E-state index contributed by atoms with van der Waals surface area (Å²) in [6, 6.07) is 2.03. The molecule has 0 aromatic carbocycles. The Morgan fingerprint density at radius 2 is 2.05 bits per heavy atom. The molecule has 2 aliphatic carbocycles. The summed E-state index contributed by atoms with van der Waals surface area (Å²) in [6.45, 7) is 13.6. The Morgan fingerprint density at radius 3 is 2.68 bits per heavy atom. The summed E-state index contributed by atoms with van der Waals surface area (Å²) in [7, 11) is 0. The van der Waals surface area contributed by atoms with E-state index in [9.17, 15) is 5.11 Å². The van der Waals surface area contributed by atoms with E-state index in [0.29, 0.717) is 17.3 Å². The van der Waals surface area contributed by atoms with Gasteiger partial charge in [-0.15, -0.1) is 0 Å². The van der Waals surface area contributed by atoms with Crippen molar-refractivity contribution < 1.29 is 9.52 Å². The third-order valence-corrected chi connectivity index (χ3v) is 6.76. The van der Waals surface area contributed by atoms with Crippen LogP contribution in [0.2, 0.25) is 0 Å². The Kier molecular flexibility index (Phi) is 3.79. The second-order valence-corrected chi connectivity index (χ2v) is 8.51. The highest BCUT2D eigenvalue weighted by Gasteiger charge is 2.55. The van der Waals surface area contributed by atoms with Crippen LogP contribution < -0.4 is 0 Å². The van der Waals surface area contributed by atoms with Gasteiger partial charge >= 0.3 is 0 Å². The Labute approximate surface area is 134 Å². The van der Waals surface area contributed by atoms with Crippen molar-refractivity contribution in [2.75, 3.05) is 0 Å². The van der Waals surface area contributed by atoms with Crippen molar-refractivity contribution in [2.24, 2.45) is 22.7 Å². The maximum absolute atomic E-state index is 10.6. The molecule has 0 amide bonds. The summed E-state index contributed by atoms with van der Waals surface area (Å²) in [5, 5.41) is 10.6. The van der Waals surface area contributed by atoms with Crippen molar-refractivity contribution in [3.8, 4) is 0 Å². The number of fused-ring (bicyclic) bond motifs is 1. The molecule has 0 aliphatic heterocycles. The van der Waals surface area contributed by atoms with Crippen LogP contribution in [0, 0.1) is 29.6 Å². The molecule has 1 heterocycles. The van der Waals surface area contributed by atoms with Crippen molar-refractivity contribution in [1.82, 2.24) is 0 Å². The zero-order valence-electron chi connectivity index (χ0n) is 14.5. The molecule has 2 heteroatoms. The predicted molar refractivity (Wildman–Crippen MR) is 89.6 cm³/mol. The van der Waals surface area contributed by atoms with Gasteiger partial charge in [0.1, 0.15) is 5.76 Å². The molecule has 2 saturated carbocycles. The second kappa shape index (κ2) is 5.26. The van der Waals surface area contributed by atoms with Crippen LogP contribution in [-0.2, 0) is 6.42 Å². The largest absolute Gasteiger partial charge is 0.469 e. The van der Waals surface area contributed by atoms with Crippen molar-refractivity contribution in [2.45, 2.75) is 65.9 Å². The molecule has 4 atom stereocenters. The van der Waals surface area contributed by atoms with E-state index in [2.05, 4.69) is 34.3 Å². The second-order valence-electron chi connectivity index (χ2n) is 8.51. The molecule has 0 radical (unpaired) electrons. The van der Waals surface area contributed by atoms with Gasteiger partial charge < -0.3 is 9.52 Å². The van der Waals surface area contributed by atoms with E-state index >= 15 is 0 Å². The number of aliphatic hydroxyl groups is 1. The average molecular weight is 302 g/mol. The Morgan fingerprint density at radius 1 is 1.32 bits per heavy atom. The summed E-state index contributed by atoms with van der Waals surface area (Å²) >= 11 is 0. The van der Waals surface area contributed by atoms with E-state index in [1.165, 1.54) is 24.8 Å². The van der Waals surface area contributed by atoms with Gasteiger partial charge in [0.2, 0.25) is 0 Å². The fourth-order valence-electron chi connectivity index (χ4n) is 5.36. The van der Waals surface area contributed by atoms with Crippen LogP contribution in [0.1, 0.15) is 57.8 Å². The van der Waals surface area contributed by atoms with Gasteiger partial charge in [-0.25, -0.2) is 0 Å². The van der Waals surface area contributed by atoms with E-state index < -0.39 is 0 Å². The predicted octanol–water partition coefficient (Wildman–Crippen LogP) is 4.90. The van der Waals surface area contributed by atoms with Crippen LogP contribution in [-0.4, -0.2) is 11.2 Å². The smallest absolute Gasteiger partial charge is 0.107 e. The summed E-state index contributed by atoms with van der Waals surface area (Å²) in [5.41, 5.74) is 2.75. The summed E-state index contributed by atoms with van der Waals surface area (Å²) in [4.78, 5) is 0. The van der Waals surface area contributed by atoms with Crippen molar-refractivity contribution in [3.05, 3.63) is 35.8 Å². The molecule has 1 N–H and O–H groups in total. The van der Waals surface area contributed by atoms with E-state index in [0.717, 1.165) is 24.2 Å². The number of hydrogen-bond acceptors (Lipinski definition) is 2. The number of hydrogen-bond donors (Lipinski definition) is 1. The first-order chi connectivity index (χ1) is 10.3. The minimum atomic E-state index is -0.365. The van der Waals surface area contributed by atoms with Crippen LogP contribution in [0.3, 0.4) is 0 Å². The summed E-state index contributed by atoms with van der Waals surface area (Å²) in [5.74, 6) is 1.92. The fraction of sp³-hybridized carbons (Fsp3) is 0.700. The molecule has 2 fully saturated rings. The van der Waals surface area contributed by atoms with Crippen molar-refractivity contribution in [1.29, 1.82) is 0 Å². The lowest BCUT2D eigenvalue weighted by atomic mass is 9.46. The lowest BCUT2D eigenvalue weighted by Crippen LogP contribution is -2.53. The van der Waals surface area contributed by atoms with E-state index in [1.54, 1.807) is 6.26 Å². The first-order valence-electron chi connectivity index (χ1n) is 8.65. The van der Waals surface area contributed by atoms with E-state index in [1.807, 2.05) is 6.07 Å². The molecule has 0 bridgehead atoms. The molecular weight excluding hydrogens is 272 g/mol. The van der Waals surface area contributed by atoms with Crippen molar-refractivity contribution in [3.63, 3.8) is 0 Å². The molecular formula is C20H30O2. The molecule has 3 rings (SSSR count). The van der Waals surface area contributed by atoms with Gasteiger partial charge in [0.15, 0.2) is 0 Å². The van der Waals surface area contributed by atoms with Gasteiger partial charge in [-0.1, -0.05) is 33.8 Å². The van der Waals surface area contributed by atoms with Crippen LogP contribution in [0.25, 0.3) is 0 Å². The highest BCUT2D eigenvalue weighted by molar-refractivity contribution is 5.24. The normalized spacial score (nSPS) is 37.9. The van der Waals surface area contributed by atoms with Crippen LogP contribution in [0.4, 0.5) is 0 Å². The zero-order valence-corrected chi connectivity index (χ0v) is 14.5. The number of furan rings is 1. The lowest BCUT2D eigenvalue weighted by molar-refractivity contribution is -0.0824. The Hall–Kier alpha value is -1.02. The SMILES string of the molecule is C=C1[C@@H](Cc2occc2C)[C@]2(C)CCCC(C)(C)[C@H]2C[C@@H]1O. The minimum Gasteiger partial charge on any atom is -0.469 e. The molecule has 0 saturated heterocycles. The third kappa shape index (κ3) is 2.36. The van der Waals surface area contributed by atoms with Crippen LogP contribution in [0.5, 0.6) is 0 Å². The summed E-state index contributed by atoms with van der Waals surface area (Å²) in [6.07, 6.45) is 6.92. The fourth-order valence-corrected chi connectivity index (χ4v) is 5.36. The molecule has 122 valence electrons. The maximum atomic E-state index is 10.6. The van der Waals surface area contributed by atoms with Gasteiger partial charge in [-0.3, -0.25) is 0 Å². The molecule has 2 aliphatic rings. The van der Waals surface area contributed by atoms with Gasteiger partial charge in [0.25, 0.3) is 0 Å². The van der Waals surface area contributed by atoms with Gasteiger partial charge in [0.05, 0.1) is 12.4 Å². The number of aliphatic hydroxyl groups excluding tert-OH is 1. The minimum absolute atomic E-state index is 0.220. The van der Waals surface area contributed by atoms with E-state index in [4.69, 9.17) is 4.42 Å². The molecule has 1 aromatic heterocycles. The third-order valence-electron chi connectivity index (χ3n) is 6.76. The van der Waals surface area contributed by atoms with Crippen molar-refractivity contribution >= 4 is 0 Å². The Bertz CT molecular complexity index is 568. The first-order valence-corrected chi connectivity index (χ1v) is 8.65. The lowest BCUT2D eigenvalue weighted by Gasteiger charge is -2.59. The highest BCUT2D eigenvalue weighted by atomic mass is 16.3. The molecule has 0 spiro atoms. The summed E-state index contributed by atoms with van der Waals surface area (Å²) < 4.78 is 5.70. The van der Waals surface area contributed by atoms with Gasteiger partial charge in [-0.2, -0.15) is 0 Å². The average Bonchev–Trinajstić information content (AvgIpc) is 2.83. The van der Waals surface area contributed by atoms with Gasteiger partial charge in [-0.05, 0) is 66.1 Å². The molecule has 0 unspecified atom stereocenters. The zero-order chi connectivity index (χ0) is 16.1. The maximum Gasteiger partial charge on any atom is 0.107 e. The molecule has 22 heavy (non-hydrogen) atoms. The van der Waals surface area contributed by atoms with Crippen LogP contribution >= 0.6 is 0 Å². The van der Waals surface area contributed by atoms with Crippen LogP contribution in [0.15, 0.2) is 28.9 Å². The topological polar surface area (TPSA) is 33.4 Å². The number of rotatable bonds is 2.